The highest BCUT2D eigenvalue weighted by atomic mass is 16.3. The Morgan fingerprint density at radius 2 is 1.55 bits per heavy atom. The molecule has 0 saturated heterocycles. The molecule has 6 nitrogen and oxygen atoms in total. The van der Waals surface area contributed by atoms with Crippen LogP contribution in [0, 0.1) is 13.8 Å². The fraction of sp³-hybridized carbons (Fsp3) is 0.143. The van der Waals surface area contributed by atoms with E-state index in [4.69, 9.17) is 10.2 Å². The van der Waals surface area contributed by atoms with Crippen LogP contribution in [0.15, 0.2) is 10.5 Å². The molecule has 0 aliphatic carbocycles. The van der Waals surface area contributed by atoms with Crippen molar-refractivity contribution in [1.82, 2.24) is 0 Å². The fourth-order valence-corrected chi connectivity index (χ4v) is 2.38. The third-order valence-corrected chi connectivity index (χ3v) is 3.69. The predicted octanol–water partition coefficient (Wildman–Crippen LogP) is 2.61. The van der Waals surface area contributed by atoms with Gasteiger partial charge in [-0.3, -0.25) is 0 Å². The van der Waals surface area contributed by atoms with Gasteiger partial charge >= 0.3 is 0 Å². The molecule has 0 amide bonds. The van der Waals surface area contributed by atoms with Gasteiger partial charge in [-0.15, -0.1) is 0 Å². The van der Waals surface area contributed by atoms with E-state index >= 15 is 0 Å². The second-order valence-corrected chi connectivity index (χ2v) is 4.78. The molecular weight excluding hydrogens is 262 g/mol. The molecule has 0 aliphatic heterocycles. The van der Waals surface area contributed by atoms with Crippen molar-refractivity contribution in [3.05, 3.63) is 17.2 Å². The summed E-state index contributed by atoms with van der Waals surface area (Å²) in [4.78, 5) is 0. The Kier molecular flexibility index (Phi) is 2.23. The summed E-state index contributed by atoms with van der Waals surface area (Å²) < 4.78 is 5.57. The highest BCUT2D eigenvalue weighted by Gasteiger charge is 2.23. The number of fused-ring (bicyclic) bond motifs is 3. The van der Waals surface area contributed by atoms with Gasteiger partial charge in [0.1, 0.15) is 22.6 Å². The number of anilines is 1. The van der Waals surface area contributed by atoms with Gasteiger partial charge in [-0.25, -0.2) is 0 Å². The summed E-state index contributed by atoms with van der Waals surface area (Å²) >= 11 is 0. The monoisotopic (exact) mass is 275 g/mol. The lowest BCUT2D eigenvalue weighted by Crippen LogP contribution is -1.87. The van der Waals surface area contributed by atoms with E-state index in [1.54, 1.807) is 13.8 Å². The van der Waals surface area contributed by atoms with Gasteiger partial charge in [0.15, 0.2) is 17.2 Å². The molecule has 0 radical (unpaired) electrons. The molecule has 6 N–H and O–H groups in total. The zero-order valence-electron chi connectivity index (χ0n) is 10.9. The van der Waals surface area contributed by atoms with E-state index < -0.39 is 5.75 Å². The van der Waals surface area contributed by atoms with Crippen molar-refractivity contribution >= 4 is 27.6 Å². The van der Waals surface area contributed by atoms with E-state index in [1.165, 1.54) is 6.07 Å². The van der Waals surface area contributed by atoms with Gasteiger partial charge in [-0.2, -0.15) is 0 Å². The van der Waals surface area contributed by atoms with Gasteiger partial charge in [-0.1, -0.05) is 0 Å². The van der Waals surface area contributed by atoms with Crippen LogP contribution in [-0.2, 0) is 0 Å². The van der Waals surface area contributed by atoms with Gasteiger partial charge in [0.2, 0.25) is 0 Å². The fourth-order valence-electron chi connectivity index (χ4n) is 2.38. The zero-order valence-corrected chi connectivity index (χ0v) is 10.9. The molecule has 6 heteroatoms. The average Bonchev–Trinajstić information content (AvgIpc) is 2.79. The number of nitrogen functional groups attached to an aromatic ring is 1. The molecule has 3 aromatic rings. The molecule has 20 heavy (non-hydrogen) atoms. The molecule has 0 fully saturated rings. The Bertz CT molecular complexity index is 879. The number of aromatic hydroxyl groups is 4. The Labute approximate surface area is 113 Å². The minimum absolute atomic E-state index is 0.159. The van der Waals surface area contributed by atoms with Crippen LogP contribution in [0.5, 0.6) is 23.0 Å². The molecular formula is C14H13NO5. The van der Waals surface area contributed by atoms with Crippen molar-refractivity contribution in [2.75, 3.05) is 5.73 Å². The van der Waals surface area contributed by atoms with Crippen LogP contribution in [-0.4, -0.2) is 20.4 Å². The number of hydrogen-bond acceptors (Lipinski definition) is 6. The molecule has 1 aromatic heterocycles. The lowest BCUT2D eigenvalue weighted by Gasteiger charge is -2.07. The summed E-state index contributed by atoms with van der Waals surface area (Å²) in [6.07, 6.45) is 0. The smallest absolute Gasteiger partial charge is 0.169 e. The second-order valence-electron chi connectivity index (χ2n) is 4.78. The Morgan fingerprint density at radius 3 is 2.20 bits per heavy atom. The van der Waals surface area contributed by atoms with Crippen molar-refractivity contribution in [2.24, 2.45) is 0 Å². The van der Waals surface area contributed by atoms with Gasteiger partial charge in [0.05, 0.1) is 10.8 Å². The molecule has 0 saturated carbocycles. The van der Waals surface area contributed by atoms with Crippen molar-refractivity contribution in [1.29, 1.82) is 0 Å². The number of phenols is 4. The van der Waals surface area contributed by atoms with Crippen LogP contribution in [0.1, 0.15) is 11.1 Å². The first-order chi connectivity index (χ1) is 9.34. The molecule has 0 unspecified atom stereocenters. The van der Waals surface area contributed by atoms with Gasteiger partial charge in [0.25, 0.3) is 0 Å². The van der Waals surface area contributed by atoms with Crippen LogP contribution < -0.4 is 5.73 Å². The molecule has 0 spiro atoms. The van der Waals surface area contributed by atoms with E-state index in [1.807, 2.05) is 0 Å². The predicted molar refractivity (Wildman–Crippen MR) is 74.3 cm³/mol. The highest BCUT2D eigenvalue weighted by molar-refractivity contribution is 6.15. The van der Waals surface area contributed by atoms with Crippen molar-refractivity contribution < 1.29 is 24.8 Å². The van der Waals surface area contributed by atoms with Crippen LogP contribution in [0.25, 0.3) is 21.9 Å². The lowest BCUT2D eigenvalue weighted by atomic mass is 10.0. The maximum Gasteiger partial charge on any atom is 0.169 e. The maximum atomic E-state index is 10.1. The quantitative estimate of drug-likeness (QED) is 0.318. The lowest BCUT2D eigenvalue weighted by molar-refractivity contribution is 0.405. The normalized spacial score (nSPS) is 11.5. The van der Waals surface area contributed by atoms with E-state index in [0.717, 1.165) is 0 Å². The van der Waals surface area contributed by atoms with Crippen molar-refractivity contribution in [3.8, 4) is 23.0 Å². The Hall–Kier alpha value is -2.76. The number of furan rings is 1. The topological polar surface area (TPSA) is 120 Å². The van der Waals surface area contributed by atoms with Gasteiger partial charge < -0.3 is 30.6 Å². The number of rotatable bonds is 0. The van der Waals surface area contributed by atoms with Gasteiger partial charge in [-0.05, 0) is 19.4 Å². The number of nitrogens with two attached hydrogens (primary N) is 1. The summed E-state index contributed by atoms with van der Waals surface area (Å²) in [7, 11) is 0. The summed E-state index contributed by atoms with van der Waals surface area (Å²) in [5, 5.41) is 40.0. The van der Waals surface area contributed by atoms with Crippen LogP contribution in [0.3, 0.4) is 0 Å². The maximum absolute atomic E-state index is 10.1. The molecule has 0 bridgehead atoms. The summed E-state index contributed by atoms with van der Waals surface area (Å²) in [5.74, 6) is -1.37. The largest absolute Gasteiger partial charge is 0.506 e. The summed E-state index contributed by atoms with van der Waals surface area (Å²) in [5.41, 5.74) is 6.96. The standard InChI is InChI=1S/C14H13NO5/c1-4-5(2)14-9(13(19)11(4)17)8-7(20-14)3-6(16)10(15)12(8)18/h3,16-19H,15H2,1-2H3. The van der Waals surface area contributed by atoms with E-state index in [2.05, 4.69) is 0 Å². The molecule has 3 rings (SSSR count). The second kappa shape index (κ2) is 3.63. The van der Waals surface area contributed by atoms with Crippen LogP contribution in [0.4, 0.5) is 5.69 Å². The Morgan fingerprint density at radius 1 is 0.900 bits per heavy atom. The first kappa shape index (κ1) is 12.3. The van der Waals surface area contributed by atoms with E-state index in [9.17, 15) is 20.4 Å². The number of phenolic OH excluding ortho intramolecular Hbond substituents is 4. The number of benzene rings is 2. The summed E-state index contributed by atoms with van der Waals surface area (Å²) in [6.45, 7) is 3.36. The third-order valence-electron chi connectivity index (χ3n) is 3.69. The first-order valence-electron chi connectivity index (χ1n) is 5.92. The molecule has 104 valence electrons. The molecule has 0 aliphatic rings. The number of aryl methyl sites for hydroxylation is 1. The first-order valence-corrected chi connectivity index (χ1v) is 5.92. The zero-order chi connectivity index (χ0) is 14.8. The molecule has 1 heterocycles. The van der Waals surface area contributed by atoms with Crippen molar-refractivity contribution in [2.45, 2.75) is 13.8 Å². The molecule has 0 atom stereocenters. The highest BCUT2D eigenvalue weighted by Crippen LogP contribution is 2.49. The molecule has 2 aromatic carbocycles. The SMILES string of the molecule is Cc1c(O)c(O)c2c(oc3cc(O)c(N)c(O)c32)c1C. The minimum atomic E-state index is -0.392. The number of hydrogen-bond donors (Lipinski definition) is 5. The third kappa shape index (κ3) is 1.27. The summed E-state index contributed by atoms with van der Waals surface area (Å²) in [6, 6.07) is 1.26. The van der Waals surface area contributed by atoms with Crippen LogP contribution >= 0.6 is 0 Å². The Balaban J connectivity index is 2.69. The minimum Gasteiger partial charge on any atom is -0.506 e. The van der Waals surface area contributed by atoms with E-state index in [-0.39, 0.29) is 39.3 Å². The average molecular weight is 275 g/mol. The van der Waals surface area contributed by atoms with Crippen molar-refractivity contribution in [3.63, 3.8) is 0 Å². The van der Waals surface area contributed by atoms with Crippen LogP contribution in [0.2, 0.25) is 0 Å². The van der Waals surface area contributed by atoms with Gasteiger partial charge in [0, 0.05) is 11.6 Å². The van der Waals surface area contributed by atoms with E-state index in [0.29, 0.717) is 16.7 Å².